The second kappa shape index (κ2) is 6.93. The third kappa shape index (κ3) is 3.03. The summed E-state index contributed by atoms with van der Waals surface area (Å²) in [5, 5.41) is 4.54. The number of pyridine rings is 1. The summed E-state index contributed by atoms with van der Waals surface area (Å²) in [6.45, 7) is 2.90. The quantitative estimate of drug-likeness (QED) is 0.664. The molecule has 2 aromatic carbocycles. The lowest BCUT2D eigenvalue weighted by molar-refractivity contribution is -0.110. The van der Waals surface area contributed by atoms with Crippen LogP contribution in [-0.4, -0.2) is 37.2 Å². The third-order valence-electron chi connectivity index (χ3n) is 5.11. The maximum absolute atomic E-state index is 12.6. The summed E-state index contributed by atoms with van der Waals surface area (Å²) in [7, 11) is 0. The number of carbonyl (C=O) groups is 1. The number of halogens is 1. The van der Waals surface area contributed by atoms with E-state index < -0.39 is 0 Å². The highest BCUT2D eigenvalue weighted by Crippen LogP contribution is 2.36. The van der Waals surface area contributed by atoms with Crippen LogP contribution in [0.3, 0.4) is 0 Å². The van der Waals surface area contributed by atoms with Crippen molar-refractivity contribution in [2.45, 2.75) is 0 Å². The molecular formula is C22H18ClN3O2. The van der Waals surface area contributed by atoms with Gasteiger partial charge in [0, 0.05) is 40.2 Å². The molecule has 6 heteroatoms. The van der Waals surface area contributed by atoms with Gasteiger partial charge in [0.15, 0.2) is 0 Å². The fourth-order valence-electron chi connectivity index (χ4n) is 3.72. The van der Waals surface area contributed by atoms with Crippen molar-refractivity contribution in [2.75, 3.05) is 36.5 Å². The summed E-state index contributed by atoms with van der Waals surface area (Å²) < 4.78 is 5.50. The monoisotopic (exact) mass is 391 g/mol. The summed E-state index contributed by atoms with van der Waals surface area (Å²) >= 11 is 6.07. The lowest BCUT2D eigenvalue weighted by atomic mass is 10.0. The lowest BCUT2D eigenvalue weighted by Gasteiger charge is -2.29. The second-order valence-corrected chi connectivity index (χ2v) is 7.33. The van der Waals surface area contributed by atoms with E-state index in [4.69, 9.17) is 21.3 Å². The molecule has 0 aliphatic carbocycles. The summed E-state index contributed by atoms with van der Waals surface area (Å²) in [6, 6.07) is 15.6. The fraction of sp³-hybridized carbons (Fsp3) is 0.182. The molecule has 2 aliphatic rings. The highest BCUT2D eigenvalue weighted by atomic mass is 35.5. The molecule has 0 saturated carbocycles. The Morgan fingerprint density at radius 3 is 2.79 bits per heavy atom. The number of aromatic nitrogens is 1. The zero-order valence-corrected chi connectivity index (χ0v) is 15.9. The number of morpholine rings is 1. The number of rotatable bonds is 2. The number of fused-ring (bicyclic) bond motifs is 2. The van der Waals surface area contributed by atoms with Crippen molar-refractivity contribution < 1.29 is 9.53 Å². The molecule has 0 unspecified atom stereocenters. The maximum atomic E-state index is 12.6. The van der Waals surface area contributed by atoms with Crippen molar-refractivity contribution >= 4 is 51.6 Å². The second-order valence-electron chi connectivity index (χ2n) is 6.90. The van der Waals surface area contributed by atoms with Crippen LogP contribution in [0, 0.1) is 0 Å². The molecule has 0 atom stereocenters. The zero-order chi connectivity index (χ0) is 19.1. The highest BCUT2D eigenvalue weighted by molar-refractivity contribution is 6.36. The van der Waals surface area contributed by atoms with Gasteiger partial charge >= 0.3 is 0 Å². The van der Waals surface area contributed by atoms with E-state index in [9.17, 15) is 4.79 Å². The predicted octanol–water partition coefficient (Wildman–Crippen LogP) is 4.22. The Morgan fingerprint density at radius 1 is 1.11 bits per heavy atom. The first kappa shape index (κ1) is 17.2. The van der Waals surface area contributed by atoms with Gasteiger partial charge in [-0.25, -0.2) is 4.98 Å². The van der Waals surface area contributed by atoms with Crippen LogP contribution in [0.25, 0.3) is 22.6 Å². The number of hydrogen-bond donors (Lipinski definition) is 1. The van der Waals surface area contributed by atoms with Crippen LogP contribution in [0.4, 0.5) is 11.5 Å². The number of ether oxygens (including phenoxy) is 1. The Morgan fingerprint density at radius 2 is 1.93 bits per heavy atom. The van der Waals surface area contributed by atoms with Crippen LogP contribution in [0.5, 0.6) is 0 Å². The number of anilines is 2. The van der Waals surface area contributed by atoms with E-state index in [1.54, 1.807) is 12.1 Å². The van der Waals surface area contributed by atoms with Gasteiger partial charge in [-0.05, 0) is 30.3 Å². The zero-order valence-electron chi connectivity index (χ0n) is 15.1. The van der Waals surface area contributed by atoms with Gasteiger partial charge < -0.3 is 15.0 Å². The van der Waals surface area contributed by atoms with Crippen molar-refractivity contribution in [1.82, 2.24) is 4.98 Å². The topological polar surface area (TPSA) is 54.5 Å². The highest BCUT2D eigenvalue weighted by Gasteiger charge is 2.25. The number of nitrogens with zero attached hydrogens (tertiary/aromatic N) is 2. The van der Waals surface area contributed by atoms with E-state index in [2.05, 4.69) is 16.3 Å². The van der Waals surface area contributed by atoms with Gasteiger partial charge in [0.25, 0.3) is 5.91 Å². The molecule has 140 valence electrons. The summed E-state index contributed by atoms with van der Waals surface area (Å²) in [5.74, 6) is 0.753. The minimum Gasteiger partial charge on any atom is -0.378 e. The van der Waals surface area contributed by atoms with Crippen molar-refractivity contribution in [3.8, 4) is 0 Å². The third-order valence-corrected chi connectivity index (χ3v) is 5.34. The molecule has 2 aliphatic heterocycles. The normalized spacial score (nSPS) is 17.8. The van der Waals surface area contributed by atoms with Crippen LogP contribution < -0.4 is 10.2 Å². The molecule has 3 aromatic rings. The van der Waals surface area contributed by atoms with Gasteiger partial charge in [-0.1, -0.05) is 35.9 Å². The summed E-state index contributed by atoms with van der Waals surface area (Å²) in [6.07, 6.45) is 1.93. The van der Waals surface area contributed by atoms with Gasteiger partial charge in [0.05, 0.1) is 24.4 Å². The van der Waals surface area contributed by atoms with E-state index in [0.717, 1.165) is 46.6 Å². The molecule has 5 rings (SSSR count). The molecule has 3 heterocycles. The number of benzene rings is 2. The van der Waals surface area contributed by atoms with Gasteiger partial charge in [0.2, 0.25) is 0 Å². The minimum atomic E-state index is -0.127. The molecule has 1 amide bonds. The first-order valence-corrected chi connectivity index (χ1v) is 9.62. The Bertz CT molecular complexity index is 1120. The summed E-state index contributed by atoms with van der Waals surface area (Å²) in [5.41, 5.74) is 4.09. The number of carbonyl (C=O) groups excluding carboxylic acids is 1. The van der Waals surface area contributed by atoms with Gasteiger partial charge in [-0.2, -0.15) is 0 Å². The lowest BCUT2D eigenvalue weighted by Crippen LogP contribution is -2.37. The first-order chi connectivity index (χ1) is 13.7. The molecule has 1 N–H and O–H groups in total. The molecule has 5 nitrogen and oxygen atoms in total. The van der Waals surface area contributed by atoms with E-state index >= 15 is 0 Å². The number of nitrogens with one attached hydrogen (secondary N) is 1. The average Bonchev–Trinajstić information content (AvgIpc) is 3.02. The van der Waals surface area contributed by atoms with Crippen molar-refractivity contribution in [3.63, 3.8) is 0 Å². The van der Waals surface area contributed by atoms with Crippen LogP contribution in [0.2, 0.25) is 5.02 Å². The number of para-hydroxylation sites is 1. The van der Waals surface area contributed by atoms with E-state index in [0.29, 0.717) is 23.8 Å². The fourth-order valence-corrected chi connectivity index (χ4v) is 3.89. The standard InChI is InChI=1S/C22H18ClN3O2/c23-16-5-6-17-18(22(27)25-20(17)13-16)12-15-11-14-3-1-2-4-19(14)24-21(15)26-7-9-28-10-8-26/h1-6,11-13H,7-10H2,(H,25,27). The molecule has 28 heavy (non-hydrogen) atoms. The Balaban J connectivity index is 1.67. The minimum absolute atomic E-state index is 0.127. The smallest absolute Gasteiger partial charge is 0.256 e. The molecule has 0 radical (unpaired) electrons. The van der Waals surface area contributed by atoms with Crippen LogP contribution in [0.1, 0.15) is 11.1 Å². The van der Waals surface area contributed by atoms with Crippen LogP contribution in [-0.2, 0) is 9.53 Å². The van der Waals surface area contributed by atoms with Crippen molar-refractivity contribution in [2.24, 2.45) is 0 Å². The first-order valence-electron chi connectivity index (χ1n) is 9.24. The Labute approximate surface area is 167 Å². The number of hydrogen-bond acceptors (Lipinski definition) is 4. The van der Waals surface area contributed by atoms with E-state index in [1.165, 1.54) is 0 Å². The molecule has 0 spiro atoms. The average molecular weight is 392 g/mol. The maximum Gasteiger partial charge on any atom is 0.256 e. The van der Waals surface area contributed by atoms with Crippen molar-refractivity contribution in [1.29, 1.82) is 0 Å². The molecule has 1 fully saturated rings. The Hall–Kier alpha value is -2.89. The Kier molecular flexibility index (Phi) is 4.26. The van der Waals surface area contributed by atoms with Crippen LogP contribution in [0.15, 0.2) is 48.5 Å². The van der Waals surface area contributed by atoms with Gasteiger partial charge in [-0.15, -0.1) is 0 Å². The van der Waals surface area contributed by atoms with Crippen LogP contribution >= 0.6 is 11.6 Å². The SMILES string of the molecule is O=C1Nc2cc(Cl)ccc2C1=Cc1cc2ccccc2nc1N1CCOCC1. The largest absolute Gasteiger partial charge is 0.378 e. The number of amides is 1. The molecule has 1 saturated heterocycles. The van der Waals surface area contributed by atoms with Gasteiger partial charge in [0.1, 0.15) is 5.82 Å². The molecular weight excluding hydrogens is 374 g/mol. The molecule has 0 bridgehead atoms. The van der Waals surface area contributed by atoms with E-state index in [1.807, 2.05) is 36.4 Å². The predicted molar refractivity (Wildman–Crippen MR) is 113 cm³/mol. The molecule has 1 aromatic heterocycles. The van der Waals surface area contributed by atoms with Gasteiger partial charge in [-0.3, -0.25) is 4.79 Å². The van der Waals surface area contributed by atoms with Crippen molar-refractivity contribution in [3.05, 3.63) is 64.7 Å². The summed E-state index contributed by atoms with van der Waals surface area (Å²) in [4.78, 5) is 19.8. The van der Waals surface area contributed by atoms with E-state index in [-0.39, 0.29) is 5.91 Å².